The van der Waals surface area contributed by atoms with E-state index in [2.05, 4.69) is 25.9 Å². The number of benzene rings is 1. The minimum atomic E-state index is -0.268. The molecule has 2 aromatic heterocycles. The molecular formula is C17H17ClN6OS. The summed E-state index contributed by atoms with van der Waals surface area (Å²) in [5.41, 5.74) is 5.18. The van der Waals surface area contributed by atoms with Crippen LogP contribution in [0.25, 0.3) is 0 Å². The van der Waals surface area contributed by atoms with E-state index in [1.807, 2.05) is 50.2 Å². The van der Waals surface area contributed by atoms with Gasteiger partial charge in [0.1, 0.15) is 6.54 Å². The number of para-hydroxylation sites is 1. The number of nitrogens with one attached hydrogen (secondary N) is 2. The van der Waals surface area contributed by atoms with Crippen LogP contribution in [-0.2, 0) is 11.3 Å². The van der Waals surface area contributed by atoms with Crippen molar-refractivity contribution in [2.75, 3.05) is 5.32 Å². The van der Waals surface area contributed by atoms with Crippen molar-refractivity contribution in [1.82, 2.24) is 20.2 Å². The Hall–Kier alpha value is -2.71. The van der Waals surface area contributed by atoms with E-state index in [4.69, 9.17) is 11.6 Å². The maximum absolute atomic E-state index is 12.0. The Balaban J connectivity index is 1.58. The maximum Gasteiger partial charge on any atom is 0.261 e. The van der Waals surface area contributed by atoms with Crippen molar-refractivity contribution >= 4 is 45.9 Å². The van der Waals surface area contributed by atoms with Crippen LogP contribution in [0.15, 0.2) is 41.5 Å². The summed E-state index contributed by atoms with van der Waals surface area (Å²) in [5.74, 6) is -0.268. The second-order valence-corrected chi connectivity index (χ2v) is 6.93. The number of nitrogens with zero attached hydrogens (tertiary/aromatic N) is 4. The third-order valence-electron chi connectivity index (χ3n) is 3.40. The van der Waals surface area contributed by atoms with Crippen molar-refractivity contribution < 1.29 is 4.79 Å². The first-order chi connectivity index (χ1) is 12.5. The molecule has 0 saturated carbocycles. The van der Waals surface area contributed by atoms with Crippen molar-refractivity contribution in [3.05, 3.63) is 57.8 Å². The molecule has 0 saturated heterocycles. The van der Waals surface area contributed by atoms with Gasteiger partial charge in [-0.15, -0.1) is 0 Å². The first-order valence-electron chi connectivity index (χ1n) is 7.82. The minimum Gasteiger partial charge on any atom is -0.331 e. The van der Waals surface area contributed by atoms with E-state index in [0.29, 0.717) is 15.2 Å². The monoisotopic (exact) mass is 388 g/mol. The van der Waals surface area contributed by atoms with Crippen molar-refractivity contribution in [2.45, 2.75) is 20.4 Å². The average Bonchev–Trinajstić information content (AvgIpc) is 3.10. The van der Waals surface area contributed by atoms with Gasteiger partial charge in [0.05, 0.1) is 16.8 Å². The summed E-state index contributed by atoms with van der Waals surface area (Å²) >= 11 is 7.46. The quantitative estimate of drug-likeness (QED) is 0.500. The van der Waals surface area contributed by atoms with E-state index in [1.165, 1.54) is 17.6 Å². The van der Waals surface area contributed by atoms with Crippen LogP contribution >= 0.6 is 22.9 Å². The molecule has 0 radical (unpaired) electrons. The predicted molar refractivity (Wildman–Crippen MR) is 104 cm³/mol. The van der Waals surface area contributed by atoms with Gasteiger partial charge in [-0.3, -0.25) is 9.48 Å². The number of halogens is 1. The summed E-state index contributed by atoms with van der Waals surface area (Å²) in [5, 5.41) is 12.3. The summed E-state index contributed by atoms with van der Waals surface area (Å²) in [6.07, 6.45) is 1.48. The fourth-order valence-corrected chi connectivity index (χ4v) is 3.31. The molecule has 9 heteroatoms. The second kappa shape index (κ2) is 8.11. The normalized spacial score (nSPS) is 11.0. The molecule has 0 atom stereocenters. The smallest absolute Gasteiger partial charge is 0.261 e. The van der Waals surface area contributed by atoms with Gasteiger partial charge in [0.15, 0.2) is 10.3 Å². The zero-order valence-corrected chi connectivity index (χ0v) is 15.8. The molecule has 2 heterocycles. The van der Waals surface area contributed by atoms with Gasteiger partial charge < -0.3 is 5.32 Å². The van der Waals surface area contributed by atoms with Crippen LogP contribution in [0.1, 0.15) is 16.3 Å². The molecule has 0 spiro atoms. The Morgan fingerprint density at radius 1 is 1.35 bits per heavy atom. The molecule has 0 bridgehead atoms. The number of amides is 1. The number of rotatable bonds is 6. The van der Waals surface area contributed by atoms with Crippen molar-refractivity contribution in [3.63, 3.8) is 0 Å². The van der Waals surface area contributed by atoms with Crippen molar-refractivity contribution in [3.8, 4) is 0 Å². The topological polar surface area (TPSA) is 84.2 Å². The number of hydrazone groups is 1. The van der Waals surface area contributed by atoms with E-state index in [1.54, 1.807) is 4.68 Å². The first-order valence-corrected chi connectivity index (χ1v) is 9.02. The molecule has 2 N–H and O–H groups in total. The van der Waals surface area contributed by atoms with Crippen LogP contribution in [0, 0.1) is 13.8 Å². The number of thiazole rings is 1. The first kappa shape index (κ1) is 18.1. The highest BCUT2D eigenvalue weighted by molar-refractivity contribution is 7.17. The van der Waals surface area contributed by atoms with E-state index < -0.39 is 0 Å². The zero-order chi connectivity index (χ0) is 18.5. The van der Waals surface area contributed by atoms with Gasteiger partial charge in [0.25, 0.3) is 5.91 Å². The third-order valence-corrected chi connectivity index (χ3v) is 4.71. The lowest BCUT2D eigenvalue weighted by Gasteiger charge is -2.02. The van der Waals surface area contributed by atoms with Crippen LogP contribution in [-0.4, -0.2) is 26.9 Å². The molecule has 1 aromatic carbocycles. The van der Waals surface area contributed by atoms with Gasteiger partial charge in [-0.05, 0) is 32.0 Å². The third kappa shape index (κ3) is 4.68. The average molecular weight is 389 g/mol. The molecule has 0 aliphatic rings. The SMILES string of the molecule is Cc1cc(C)n(CC(=O)N/N=C/c2sc(Nc3ccccc3)nc2Cl)n1. The Morgan fingerprint density at radius 3 is 2.81 bits per heavy atom. The van der Waals surface area contributed by atoms with E-state index in [-0.39, 0.29) is 12.5 Å². The molecule has 0 aliphatic carbocycles. The highest BCUT2D eigenvalue weighted by Crippen LogP contribution is 2.27. The molecule has 3 rings (SSSR count). The predicted octanol–water partition coefficient (Wildman–Crippen LogP) is 3.50. The zero-order valence-electron chi connectivity index (χ0n) is 14.2. The summed E-state index contributed by atoms with van der Waals surface area (Å²) in [4.78, 5) is 16.8. The van der Waals surface area contributed by atoms with Crippen LogP contribution < -0.4 is 10.7 Å². The van der Waals surface area contributed by atoms with Gasteiger partial charge in [0, 0.05) is 11.4 Å². The van der Waals surface area contributed by atoms with Crippen LogP contribution in [0.5, 0.6) is 0 Å². The fourth-order valence-electron chi connectivity index (χ4n) is 2.26. The van der Waals surface area contributed by atoms with Gasteiger partial charge in [-0.2, -0.15) is 10.2 Å². The van der Waals surface area contributed by atoms with E-state index in [0.717, 1.165) is 17.1 Å². The lowest BCUT2D eigenvalue weighted by atomic mass is 10.3. The molecule has 7 nitrogen and oxygen atoms in total. The minimum absolute atomic E-state index is 0.105. The number of hydrogen-bond donors (Lipinski definition) is 2. The molecule has 0 aliphatic heterocycles. The molecule has 3 aromatic rings. The van der Waals surface area contributed by atoms with Gasteiger partial charge in [-0.1, -0.05) is 41.1 Å². The molecule has 0 fully saturated rings. The van der Waals surface area contributed by atoms with E-state index >= 15 is 0 Å². The number of aryl methyl sites for hydroxylation is 2. The lowest BCUT2D eigenvalue weighted by molar-refractivity contribution is -0.121. The van der Waals surface area contributed by atoms with Crippen molar-refractivity contribution in [1.29, 1.82) is 0 Å². The lowest BCUT2D eigenvalue weighted by Crippen LogP contribution is -2.24. The summed E-state index contributed by atoms with van der Waals surface area (Å²) < 4.78 is 1.63. The highest BCUT2D eigenvalue weighted by Gasteiger charge is 2.09. The van der Waals surface area contributed by atoms with Gasteiger partial charge >= 0.3 is 0 Å². The van der Waals surface area contributed by atoms with Gasteiger partial charge in [-0.25, -0.2) is 10.4 Å². The van der Waals surface area contributed by atoms with Crippen LogP contribution in [0.4, 0.5) is 10.8 Å². The fraction of sp³-hybridized carbons (Fsp3) is 0.176. The number of anilines is 2. The Bertz CT molecular complexity index is 934. The summed E-state index contributed by atoms with van der Waals surface area (Å²) in [6, 6.07) is 11.6. The van der Waals surface area contributed by atoms with Crippen molar-refractivity contribution in [2.24, 2.45) is 5.10 Å². The summed E-state index contributed by atoms with van der Waals surface area (Å²) in [6.45, 7) is 3.88. The number of carbonyl (C=O) groups excluding carboxylic acids is 1. The van der Waals surface area contributed by atoms with Crippen LogP contribution in [0.2, 0.25) is 5.15 Å². The largest absolute Gasteiger partial charge is 0.331 e. The standard InChI is InChI=1S/C17H17ClN6OS/c1-11-8-12(2)24(23-11)10-15(25)22-19-9-14-16(18)21-17(26-14)20-13-6-4-3-5-7-13/h3-9H,10H2,1-2H3,(H,20,21)(H,22,25)/b19-9+. The maximum atomic E-state index is 12.0. The summed E-state index contributed by atoms with van der Waals surface area (Å²) in [7, 11) is 0. The Labute approximate surface area is 159 Å². The molecule has 26 heavy (non-hydrogen) atoms. The Kier molecular flexibility index (Phi) is 5.65. The molecule has 0 unspecified atom stereocenters. The van der Waals surface area contributed by atoms with E-state index in [9.17, 15) is 4.79 Å². The number of hydrogen-bond acceptors (Lipinski definition) is 6. The molecule has 134 valence electrons. The number of aromatic nitrogens is 3. The van der Waals surface area contributed by atoms with Crippen LogP contribution in [0.3, 0.4) is 0 Å². The molecular weight excluding hydrogens is 372 g/mol. The second-order valence-electron chi connectivity index (χ2n) is 5.54. The Morgan fingerprint density at radius 2 is 2.12 bits per heavy atom. The van der Waals surface area contributed by atoms with Gasteiger partial charge in [0.2, 0.25) is 0 Å². The number of carbonyl (C=O) groups is 1. The molecule has 1 amide bonds. The highest BCUT2D eigenvalue weighted by atomic mass is 35.5.